The van der Waals surface area contributed by atoms with Crippen molar-refractivity contribution in [2.24, 2.45) is 20.9 Å². The minimum Gasteiger partial charge on any atom is -0.317 e. The van der Waals surface area contributed by atoms with Gasteiger partial charge in [0.05, 0.1) is 16.3 Å². The van der Waals surface area contributed by atoms with Crippen molar-refractivity contribution in [3.8, 4) is 11.8 Å². The second kappa shape index (κ2) is 9.73. The number of hydrogen-bond acceptors (Lipinski definition) is 6. The Labute approximate surface area is 182 Å². The first-order valence-electron chi connectivity index (χ1n) is 9.84. The molecule has 4 rings (SSSR count). The first-order chi connectivity index (χ1) is 15.0. The highest BCUT2D eigenvalue weighted by atomic mass is 32.2. The van der Waals surface area contributed by atoms with Gasteiger partial charge in [0.1, 0.15) is 0 Å². The standard InChI is InChI=1S/C21H19FN6O2S/c22-18-4-2-1-3-16(25-18)13-28-9-6-14(7-10-28)12-24-20-23-8-5-15(26-20)11-17-19(29)27-21(30)31-17/h3,11,14H,1,6-7,9-10,12-13H2,(H,23,24,26)(H,27,29,30)/b17-11-. The third-order valence-corrected chi connectivity index (χ3v) is 5.79. The number of nitrogens with zero attached hydrogens (tertiary/aromatic N) is 4. The maximum absolute atomic E-state index is 13.4. The van der Waals surface area contributed by atoms with Gasteiger partial charge in [-0.15, -0.1) is 0 Å². The van der Waals surface area contributed by atoms with Gasteiger partial charge in [0.2, 0.25) is 5.96 Å². The molecule has 0 radical (unpaired) electrons. The molecule has 10 heteroatoms. The lowest BCUT2D eigenvalue weighted by Crippen LogP contribution is -2.36. The number of allylic oxidation sites excluding steroid dienone is 2. The molecule has 0 bridgehead atoms. The van der Waals surface area contributed by atoms with Crippen LogP contribution < -0.4 is 10.6 Å². The highest BCUT2D eigenvalue weighted by Gasteiger charge is 2.25. The van der Waals surface area contributed by atoms with Crippen molar-refractivity contribution in [3.63, 3.8) is 0 Å². The van der Waals surface area contributed by atoms with E-state index in [4.69, 9.17) is 0 Å². The van der Waals surface area contributed by atoms with Gasteiger partial charge in [0.25, 0.3) is 17.1 Å². The summed E-state index contributed by atoms with van der Waals surface area (Å²) in [6, 6.07) is 0. The number of amides is 2. The summed E-state index contributed by atoms with van der Waals surface area (Å²) in [6.45, 7) is 3.01. The Morgan fingerprint density at radius 1 is 1.32 bits per heavy atom. The Balaban J connectivity index is 1.25. The van der Waals surface area contributed by atoms with Crippen LogP contribution in [-0.2, 0) is 4.79 Å². The third-order valence-electron chi connectivity index (χ3n) is 4.98. The molecule has 0 aliphatic carbocycles. The Kier molecular flexibility index (Phi) is 6.60. The van der Waals surface area contributed by atoms with E-state index in [0.717, 1.165) is 37.7 Å². The molecule has 0 aromatic rings. The average molecular weight is 438 g/mol. The molecule has 158 valence electrons. The lowest BCUT2D eigenvalue weighted by Gasteiger charge is -2.31. The summed E-state index contributed by atoms with van der Waals surface area (Å²) < 4.78 is 13.4. The van der Waals surface area contributed by atoms with Gasteiger partial charge in [0, 0.05) is 25.4 Å². The van der Waals surface area contributed by atoms with Gasteiger partial charge < -0.3 is 5.32 Å². The van der Waals surface area contributed by atoms with Crippen molar-refractivity contribution in [1.29, 1.82) is 0 Å². The van der Waals surface area contributed by atoms with E-state index in [0.29, 0.717) is 42.8 Å². The molecule has 8 nitrogen and oxygen atoms in total. The molecular weight excluding hydrogens is 419 g/mol. The summed E-state index contributed by atoms with van der Waals surface area (Å²) in [5.41, 5.74) is 3.96. The maximum atomic E-state index is 13.4. The van der Waals surface area contributed by atoms with Crippen molar-refractivity contribution < 1.29 is 14.0 Å². The zero-order chi connectivity index (χ0) is 21.6. The van der Waals surface area contributed by atoms with Crippen LogP contribution in [0.25, 0.3) is 0 Å². The normalized spacial score (nSPS) is 24.2. The molecule has 4 aliphatic rings. The average Bonchev–Trinajstić information content (AvgIpc) is 2.93. The second-order valence-electron chi connectivity index (χ2n) is 7.23. The van der Waals surface area contributed by atoms with Crippen LogP contribution in [0.15, 0.2) is 49.2 Å². The van der Waals surface area contributed by atoms with Crippen LogP contribution in [0.3, 0.4) is 0 Å². The number of carbonyl (C=O) groups is 2. The lowest BCUT2D eigenvalue weighted by atomic mass is 9.97. The number of hydrogen-bond donors (Lipinski definition) is 2. The lowest BCUT2D eigenvalue weighted by molar-refractivity contribution is -0.115. The molecule has 4 heterocycles. The second-order valence-corrected chi connectivity index (χ2v) is 8.24. The smallest absolute Gasteiger partial charge is 0.290 e. The maximum Gasteiger partial charge on any atom is 0.290 e. The summed E-state index contributed by atoms with van der Waals surface area (Å²) in [6.07, 6.45) is 5.87. The molecule has 2 N–H and O–H groups in total. The van der Waals surface area contributed by atoms with Crippen LogP contribution in [0, 0.1) is 17.8 Å². The van der Waals surface area contributed by atoms with E-state index in [1.54, 1.807) is 0 Å². The van der Waals surface area contributed by atoms with Crippen molar-refractivity contribution in [3.05, 3.63) is 34.2 Å². The fraction of sp³-hybridized carbons (Fsp3) is 0.381. The fourth-order valence-electron chi connectivity index (χ4n) is 3.38. The van der Waals surface area contributed by atoms with Crippen LogP contribution in [0.5, 0.6) is 0 Å². The van der Waals surface area contributed by atoms with Gasteiger partial charge >= 0.3 is 0 Å². The van der Waals surface area contributed by atoms with Gasteiger partial charge in [0.15, 0.2) is 0 Å². The first kappa shape index (κ1) is 21.0. The topological polar surface area (TPSA) is 98.5 Å². The minimum absolute atomic E-state index is 0.287. The molecule has 0 unspecified atom stereocenters. The predicted molar refractivity (Wildman–Crippen MR) is 117 cm³/mol. The Morgan fingerprint density at radius 2 is 2.16 bits per heavy atom. The number of aliphatic imine (C=N–C) groups is 3. The monoisotopic (exact) mass is 438 g/mol. The van der Waals surface area contributed by atoms with Gasteiger partial charge in [-0.2, -0.15) is 9.38 Å². The molecule has 0 saturated carbocycles. The molecule has 0 aromatic heterocycles. The zero-order valence-corrected chi connectivity index (χ0v) is 17.4. The number of likely N-dealkylation sites (tertiary alicyclic amines) is 1. The molecule has 2 amide bonds. The molecule has 0 aromatic carbocycles. The summed E-state index contributed by atoms with van der Waals surface area (Å²) in [7, 11) is 0. The van der Waals surface area contributed by atoms with E-state index in [-0.39, 0.29) is 4.91 Å². The van der Waals surface area contributed by atoms with Crippen LogP contribution >= 0.6 is 11.8 Å². The Hall–Kier alpha value is -3.21. The van der Waals surface area contributed by atoms with Crippen molar-refractivity contribution >= 4 is 40.7 Å². The number of halogens is 1. The number of carbonyl (C=O) groups excluding carboxylic acids is 2. The molecule has 2 saturated heterocycles. The summed E-state index contributed by atoms with van der Waals surface area (Å²) in [5.74, 6) is 7.50. The SMILES string of the molecule is O=C1NC(=O)/C(=C/C2=C=C=NC(=NCC3CCN(CC4=CCC#CC(F)=N4)CC3)N2)S1. The summed E-state index contributed by atoms with van der Waals surface area (Å²) in [4.78, 5) is 38.0. The van der Waals surface area contributed by atoms with Gasteiger partial charge in [-0.05, 0) is 67.4 Å². The molecular formula is C21H19FN6O2S. The van der Waals surface area contributed by atoms with E-state index in [1.165, 1.54) is 6.08 Å². The number of piperidine rings is 1. The predicted octanol–water partition coefficient (Wildman–Crippen LogP) is 1.89. The molecule has 31 heavy (non-hydrogen) atoms. The van der Waals surface area contributed by atoms with Crippen molar-refractivity contribution in [2.75, 3.05) is 26.2 Å². The number of rotatable bonds is 5. The number of nitrogens with one attached hydrogen (secondary N) is 2. The van der Waals surface area contributed by atoms with Gasteiger partial charge in [-0.3, -0.25) is 24.8 Å². The van der Waals surface area contributed by atoms with Gasteiger partial charge in [-0.25, -0.2) is 4.99 Å². The van der Waals surface area contributed by atoms with E-state index in [1.807, 2.05) is 6.08 Å². The van der Waals surface area contributed by atoms with Crippen LogP contribution in [0.4, 0.5) is 9.18 Å². The van der Waals surface area contributed by atoms with E-state index < -0.39 is 17.1 Å². The molecule has 4 aliphatic heterocycles. The highest BCUT2D eigenvalue weighted by Crippen LogP contribution is 2.24. The van der Waals surface area contributed by atoms with E-state index >= 15 is 0 Å². The number of imide groups is 1. The molecule has 2 fully saturated rings. The van der Waals surface area contributed by atoms with Crippen LogP contribution in [0.2, 0.25) is 0 Å². The highest BCUT2D eigenvalue weighted by molar-refractivity contribution is 8.18. The number of thioether (sulfide) groups is 1. The van der Waals surface area contributed by atoms with Crippen LogP contribution in [-0.4, -0.2) is 60.0 Å². The van der Waals surface area contributed by atoms with Crippen molar-refractivity contribution in [2.45, 2.75) is 19.3 Å². The fourth-order valence-corrected chi connectivity index (χ4v) is 4.05. The summed E-state index contributed by atoms with van der Waals surface area (Å²) in [5, 5.41) is 4.80. The van der Waals surface area contributed by atoms with E-state index in [2.05, 4.69) is 54.0 Å². The first-order valence-corrected chi connectivity index (χ1v) is 10.7. The van der Waals surface area contributed by atoms with E-state index in [9.17, 15) is 14.0 Å². The van der Waals surface area contributed by atoms with Crippen LogP contribution in [0.1, 0.15) is 19.3 Å². The van der Waals surface area contributed by atoms with Gasteiger partial charge in [-0.1, -0.05) is 5.92 Å². The Bertz CT molecular complexity index is 1090. The minimum atomic E-state index is -0.619. The largest absolute Gasteiger partial charge is 0.317 e. The Morgan fingerprint density at radius 3 is 2.94 bits per heavy atom. The third kappa shape index (κ3) is 5.91. The quantitative estimate of drug-likeness (QED) is 0.388. The van der Waals surface area contributed by atoms with Crippen molar-refractivity contribution in [1.82, 2.24) is 15.5 Å². The summed E-state index contributed by atoms with van der Waals surface area (Å²) >= 11 is 0.836. The number of guanidine groups is 1. The molecule has 0 atom stereocenters. The molecule has 0 spiro atoms. The zero-order valence-electron chi connectivity index (χ0n) is 16.6.